The molecule has 4 aliphatic rings. The van der Waals surface area contributed by atoms with Crippen molar-refractivity contribution < 1.29 is 26.6 Å². The van der Waals surface area contributed by atoms with E-state index in [4.69, 9.17) is 9.08 Å². The maximum absolute atomic E-state index is 12.7. The van der Waals surface area contributed by atoms with Crippen molar-refractivity contribution in [3.8, 4) is 0 Å². The first-order valence-electron chi connectivity index (χ1n) is 8.80. The molecule has 4 heterocycles. The van der Waals surface area contributed by atoms with Gasteiger partial charge in [0.25, 0.3) is 0 Å². The van der Waals surface area contributed by atoms with Crippen molar-refractivity contribution in [1.82, 2.24) is 20.4 Å². The molecule has 1 aromatic rings. The number of nitrogens with zero attached hydrogens (tertiary/aromatic N) is 3. The van der Waals surface area contributed by atoms with Crippen LogP contribution in [0.3, 0.4) is 0 Å². The quantitative estimate of drug-likeness (QED) is 0.731. The summed E-state index contributed by atoms with van der Waals surface area (Å²) < 4.78 is 41.4. The van der Waals surface area contributed by atoms with Crippen LogP contribution in [-0.4, -0.2) is 59.8 Å². The molecule has 2 bridgehead atoms. The number of hydroxylamine groups is 2. The Morgan fingerprint density at radius 3 is 2.88 bits per heavy atom. The number of hydrogen-bond donors (Lipinski definition) is 2. The number of hydrogen-bond acceptors (Lipinski definition) is 7. The molecule has 3 atom stereocenters. The van der Waals surface area contributed by atoms with Gasteiger partial charge < -0.3 is 14.7 Å². The zero-order valence-electron chi connectivity index (χ0n) is 14.0. The van der Waals surface area contributed by atoms with Crippen molar-refractivity contribution in [2.75, 3.05) is 19.6 Å². The highest BCUT2D eigenvalue weighted by atomic mass is 32.3. The third-order valence-corrected chi connectivity index (χ3v) is 6.54. The second-order valence-electron chi connectivity index (χ2n) is 7.70. The van der Waals surface area contributed by atoms with Crippen molar-refractivity contribution in [1.29, 1.82) is 0 Å². The van der Waals surface area contributed by atoms with Gasteiger partial charge in [0, 0.05) is 25.1 Å². The van der Waals surface area contributed by atoms with Gasteiger partial charge in [0.1, 0.15) is 11.5 Å². The van der Waals surface area contributed by atoms with E-state index in [0.717, 1.165) is 43.2 Å². The van der Waals surface area contributed by atoms with Gasteiger partial charge in [-0.1, -0.05) is 5.16 Å². The molecule has 4 fully saturated rings. The third-order valence-electron chi connectivity index (χ3n) is 6.19. The van der Waals surface area contributed by atoms with E-state index in [1.807, 2.05) is 6.07 Å². The second-order valence-corrected chi connectivity index (χ2v) is 8.71. The molecule has 1 saturated carbocycles. The van der Waals surface area contributed by atoms with Gasteiger partial charge in [0.2, 0.25) is 0 Å². The number of amides is 2. The summed E-state index contributed by atoms with van der Waals surface area (Å²) in [5.41, 5.74) is 0.505. The number of piperidine rings is 1. The highest BCUT2D eigenvalue weighted by Crippen LogP contribution is 2.61. The van der Waals surface area contributed by atoms with Crippen molar-refractivity contribution in [3.05, 3.63) is 17.5 Å². The summed E-state index contributed by atoms with van der Waals surface area (Å²) >= 11 is 0. The Hall–Kier alpha value is -1.69. The van der Waals surface area contributed by atoms with Crippen LogP contribution in [0.2, 0.25) is 0 Å². The molecule has 5 rings (SSSR count). The molecule has 142 valence electrons. The van der Waals surface area contributed by atoms with Crippen LogP contribution in [0.1, 0.15) is 49.1 Å². The van der Waals surface area contributed by atoms with Gasteiger partial charge in [0.15, 0.2) is 0 Å². The molecule has 0 radical (unpaired) electrons. The van der Waals surface area contributed by atoms with Gasteiger partial charge in [-0.2, -0.15) is 13.5 Å². The standard InChI is InChI=1S/C15H20N4O6S/c20-14-18-8-13(19(14)25-26(21,22)23)15(2-3-15)6-11(18)10-5-12(24-17-10)9-1-4-16-7-9/h5,9,11,13,16H,1-4,6-8H2,(H,21,22,23)/t9?,11-,13-/m0/s1. The fourth-order valence-corrected chi connectivity index (χ4v) is 5.00. The Balaban J connectivity index is 1.44. The zero-order chi connectivity index (χ0) is 18.1. The van der Waals surface area contributed by atoms with E-state index in [2.05, 4.69) is 14.8 Å². The Morgan fingerprint density at radius 2 is 2.23 bits per heavy atom. The number of urea groups is 1. The van der Waals surface area contributed by atoms with E-state index in [-0.39, 0.29) is 23.4 Å². The van der Waals surface area contributed by atoms with Crippen molar-refractivity contribution in [3.63, 3.8) is 0 Å². The average Bonchev–Trinajstić information content (AvgIpc) is 3.01. The maximum atomic E-state index is 12.7. The lowest BCUT2D eigenvalue weighted by Gasteiger charge is -2.35. The summed E-state index contributed by atoms with van der Waals surface area (Å²) in [6.45, 7) is 2.15. The molecule has 1 unspecified atom stereocenters. The minimum Gasteiger partial charge on any atom is -0.361 e. The van der Waals surface area contributed by atoms with Crippen LogP contribution in [0.5, 0.6) is 0 Å². The summed E-state index contributed by atoms with van der Waals surface area (Å²) in [7, 11) is -4.75. The number of fused-ring (bicyclic) bond motifs is 3. The van der Waals surface area contributed by atoms with Crippen LogP contribution in [0.15, 0.2) is 10.6 Å². The topological polar surface area (TPSA) is 125 Å². The van der Waals surface area contributed by atoms with Gasteiger partial charge in [-0.15, -0.1) is 4.28 Å². The van der Waals surface area contributed by atoms with Crippen LogP contribution in [0.4, 0.5) is 4.79 Å². The molecule has 3 saturated heterocycles. The van der Waals surface area contributed by atoms with E-state index in [1.165, 1.54) is 0 Å². The Labute approximate surface area is 150 Å². The fraction of sp³-hybridized carbons (Fsp3) is 0.733. The predicted octanol–water partition coefficient (Wildman–Crippen LogP) is 0.817. The predicted molar refractivity (Wildman–Crippen MR) is 86.1 cm³/mol. The highest BCUT2D eigenvalue weighted by molar-refractivity contribution is 7.80. The molecular formula is C15H20N4O6S. The summed E-state index contributed by atoms with van der Waals surface area (Å²) in [6, 6.07) is 0.702. The number of carbonyl (C=O) groups is 1. The second kappa shape index (κ2) is 5.41. The molecule has 2 amide bonds. The van der Waals surface area contributed by atoms with Gasteiger partial charge in [0.05, 0.1) is 12.1 Å². The van der Waals surface area contributed by atoms with Crippen LogP contribution >= 0.6 is 0 Å². The number of aromatic nitrogens is 1. The first-order chi connectivity index (χ1) is 12.4. The Bertz CT molecular complexity index is 844. The monoisotopic (exact) mass is 384 g/mol. The molecule has 26 heavy (non-hydrogen) atoms. The summed E-state index contributed by atoms with van der Waals surface area (Å²) in [6.07, 6.45) is 3.45. The molecular weight excluding hydrogens is 364 g/mol. The summed E-state index contributed by atoms with van der Waals surface area (Å²) in [5, 5.41) is 8.32. The largest absolute Gasteiger partial charge is 0.418 e. The minimum atomic E-state index is -4.75. The molecule has 1 aliphatic carbocycles. The maximum Gasteiger partial charge on any atom is 0.418 e. The highest BCUT2D eigenvalue weighted by Gasteiger charge is 2.64. The number of rotatable bonds is 4. The SMILES string of the molecule is O=C1N2C[C@H](N1OS(=O)(=O)O)C1(CC1)C[C@H]2c1cc(C2CCNC2)on1. The van der Waals surface area contributed by atoms with Gasteiger partial charge in [-0.25, -0.2) is 4.79 Å². The normalized spacial score (nSPS) is 32.7. The molecule has 1 aromatic heterocycles. The molecule has 11 heteroatoms. The molecule has 2 N–H and O–H groups in total. The average molecular weight is 384 g/mol. The zero-order valence-corrected chi connectivity index (χ0v) is 14.8. The van der Waals surface area contributed by atoms with Gasteiger partial charge in [-0.05, 0) is 37.6 Å². The van der Waals surface area contributed by atoms with Crippen LogP contribution in [0, 0.1) is 5.41 Å². The van der Waals surface area contributed by atoms with E-state index in [9.17, 15) is 13.2 Å². The van der Waals surface area contributed by atoms with E-state index >= 15 is 0 Å². The van der Waals surface area contributed by atoms with Crippen LogP contribution < -0.4 is 5.32 Å². The first-order valence-corrected chi connectivity index (χ1v) is 10.2. The lowest BCUT2D eigenvalue weighted by atomic mass is 9.84. The summed E-state index contributed by atoms with van der Waals surface area (Å²) in [4.78, 5) is 14.3. The molecule has 0 aromatic carbocycles. The van der Waals surface area contributed by atoms with Crippen molar-refractivity contribution in [2.24, 2.45) is 5.41 Å². The van der Waals surface area contributed by atoms with Gasteiger partial charge in [-0.3, -0.25) is 4.55 Å². The fourth-order valence-electron chi connectivity index (χ4n) is 4.63. The lowest BCUT2D eigenvalue weighted by molar-refractivity contribution is -0.0527. The van der Waals surface area contributed by atoms with Gasteiger partial charge >= 0.3 is 16.4 Å². The van der Waals surface area contributed by atoms with Crippen molar-refractivity contribution >= 4 is 16.4 Å². The minimum absolute atomic E-state index is 0.188. The van der Waals surface area contributed by atoms with Crippen molar-refractivity contribution in [2.45, 2.75) is 43.7 Å². The number of carbonyl (C=O) groups excluding carboxylic acids is 1. The van der Waals surface area contributed by atoms with E-state index in [1.54, 1.807) is 4.90 Å². The molecule has 1 spiro atoms. The van der Waals surface area contributed by atoms with Crippen LogP contribution in [-0.2, 0) is 14.7 Å². The first kappa shape index (κ1) is 16.5. The number of nitrogens with one attached hydrogen (secondary N) is 1. The third kappa shape index (κ3) is 2.53. The Morgan fingerprint density at radius 1 is 1.42 bits per heavy atom. The molecule has 10 nitrogen and oxygen atoms in total. The summed E-state index contributed by atoms with van der Waals surface area (Å²) in [5.74, 6) is 1.10. The van der Waals surface area contributed by atoms with Crippen LogP contribution in [0.25, 0.3) is 0 Å². The lowest BCUT2D eigenvalue weighted by Crippen LogP contribution is -2.43. The van der Waals surface area contributed by atoms with E-state index in [0.29, 0.717) is 18.7 Å². The smallest absolute Gasteiger partial charge is 0.361 e. The molecule has 3 aliphatic heterocycles. The Kier molecular flexibility index (Phi) is 3.43. The van der Waals surface area contributed by atoms with E-state index < -0.39 is 16.4 Å².